The van der Waals surface area contributed by atoms with Crippen LogP contribution >= 0.6 is 0 Å². The van der Waals surface area contributed by atoms with Gasteiger partial charge >= 0.3 is 0 Å². The second-order valence-electron chi connectivity index (χ2n) is 3.94. The molecule has 0 aliphatic carbocycles. The molecule has 1 rings (SSSR count). The molecule has 76 valence electrons. The molecule has 0 aromatic carbocycles. The lowest BCUT2D eigenvalue weighted by molar-refractivity contribution is -0.133. The van der Waals surface area contributed by atoms with E-state index in [1.54, 1.807) is 0 Å². The van der Waals surface area contributed by atoms with Gasteiger partial charge in [-0.3, -0.25) is 4.79 Å². The van der Waals surface area contributed by atoms with Gasteiger partial charge in [-0.15, -0.1) is 0 Å². The third-order valence-electron chi connectivity index (χ3n) is 2.35. The number of carbonyl (C=O) groups is 1. The highest BCUT2D eigenvalue weighted by atomic mass is 16.2. The van der Waals surface area contributed by atoms with E-state index in [9.17, 15) is 4.79 Å². The molecule has 1 amide bonds. The lowest BCUT2D eigenvalue weighted by atomic mass is 10.1. The number of likely N-dealkylation sites (N-methyl/N-ethyl adjacent to an activating group) is 1. The second-order valence-corrected chi connectivity index (χ2v) is 3.94. The summed E-state index contributed by atoms with van der Waals surface area (Å²) in [7, 11) is 4.02. The molecule has 0 radical (unpaired) electrons. The number of hydrogen-bond donors (Lipinski definition) is 1. The Morgan fingerprint density at radius 3 is 2.92 bits per heavy atom. The molecule has 1 heterocycles. The zero-order valence-electron chi connectivity index (χ0n) is 8.49. The minimum Gasteiger partial charge on any atom is -0.340 e. The summed E-state index contributed by atoms with van der Waals surface area (Å²) in [4.78, 5) is 15.4. The first kappa shape index (κ1) is 10.5. The molecule has 2 N–H and O–H groups in total. The van der Waals surface area contributed by atoms with Crippen molar-refractivity contribution in [3.05, 3.63) is 0 Å². The summed E-state index contributed by atoms with van der Waals surface area (Å²) in [6.07, 6.45) is 1.46. The van der Waals surface area contributed by atoms with Crippen LogP contribution in [0.15, 0.2) is 0 Å². The summed E-state index contributed by atoms with van der Waals surface area (Å²) in [6, 6.07) is 0.180. The molecule has 1 fully saturated rings. The summed E-state index contributed by atoms with van der Waals surface area (Å²) < 4.78 is 0. The molecule has 13 heavy (non-hydrogen) atoms. The fourth-order valence-electron chi connectivity index (χ4n) is 1.48. The molecular formula is C9H19N3O. The molecule has 1 saturated heterocycles. The second kappa shape index (κ2) is 4.58. The maximum atomic E-state index is 11.4. The number of amides is 1. The first-order valence-electron chi connectivity index (χ1n) is 4.77. The average Bonchev–Trinajstić information content (AvgIpc) is 2.06. The number of carbonyl (C=O) groups excluding carboxylic acids is 1. The Labute approximate surface area is 79.7 Å². The zero-order valence-corrected chi connectivity index (χ0v) is 8.49. The van der Waals surface area contributed by atoms with Gasteiger partial charge in [0.2, 0.25) is 5.91 Å². The largest absolute Gasteiger partial charge is 0.340 e. The Bertz CT molecular complexity index is 182. The summed E-state index contributed by atoms with van der Waals surface area (Å²) >= 11 is 0. The van der Waals surface area contributed by atoms with Gasteiger partial charge in [0.15, 0.2) is 0 Å². The summed E-state index contributed by atoms with van der Waals surface area (Å²) in [6.45, 7) is 2.45. The molecule has 4 nitrogen and oxygen atoms in total. The highest BCUT2D eigenvalue weighted by Crippen LogP contribution is 2.09. The van der Waals surface area contributed by atoms with E-state index >= 15 is 0 Å². The van der Waals surface area contributed by atoms with E-state index in [1.165, 1.54) is 0 Å². The van der Waals surface area contributed by atoms with Crippen LogP contribution in [-0.2, 0) is 4.79 Å². The van der Waals surface area contributed by atoms with Crippen molar-refractivity contribution < 1.29 is 4.79 Å². The monoisotopic (exact) mass is 185 g/mol. The van der Waals surface area contributed by atoms with Crippen molar-refractivity contribution >= 4 is 5.91 Å². The first-order valence-corrected chi connectivity index (χ1v) is 4.77. The fourth-order valence-corrected chi connectivity index (χ4v) is 1.48. The van der Waals surface area contributed by atoms with Crippen LogP contribution < -0.4 is 5.73 Å². The standard InChI is InChI=1S/C9H19N3O/c1-11(2)5-6-12-7-8(10)3-4-9(12)13/h8H,3-7,10H2,1-2H3. The van der Waals surface area contributed by atoms with E-state index in [2.05, 4.69) is 4.90 Å². The van der Waals surface area contributed by atoms with Gasteiger partial charge in [-0.2, -0.15) is 0 Å². The van der Waals surface area contributed by atoms with Gasteiger partial charge < -0.3 is 15.5 Å². The normalized spacial score (nSPS) is 24.2. The quantitative estimate of drug-likeness (QED) is 0.645. The number of nitrogens with two attached hydrogens (primary N) is 1. The van der Waals surface area contributed by atoms with Crippen LogP contribution in [-0.4, -0.2) is 55.5 Å². The number of nitrogens with zero attached hydrogens (tertiary/aromatic N) is 2. The third-order valence-corrected chi connectivity index (χ3v) is 2.35. The van der Waals surface area contributed by atoms with Crippen molar-refractivity contribution in [3.8, 4) is 0 Å². The number of hydrogen-bond acceptors (Lipinski definition) is 3. The summed E-state index contributed by atoms with van der Waals surface area (Å²) in [5.41, 5.74) is 5.79. The molecule has 0 bridgehead atoms. The van der Waals surface area contributed by atoms with Crippen molar-refractivity contribution in [1.82, 2.24) is 9.80 Å². The van der Waals surface area contributed by atoms with Crippen LogP contribution in [0, 0.1) is 0 Å². The molecule has 0 aromatic rings. The highest BCUT2D eigenvalue weighted by Gasteiger charge is 2.22. The topological polar surface area (TPSA) is 49.6 Å². The van der Waals surface area contributed by atoms with Crippen LogP contribution in [0.25, 0.3) is 0 Å². The van der Waals surface area contributed by atoms with Gasteiger partial charge in [0, 0.05) is 32.1 Å². The van der Waals surface area contributed by atoms with Crippen molar-refractivity contribution in [3.63, 3.8) is 0 Å². The Hall–Kier alpha value is -0.610. The maximum Gasteiger partial charge on any atom is 0.222 e. The maximum absolute atomic E-state index is 11.4. The Morgan fingerprint density at radius 1 is 1.62 bits per heavy atom. The molecule has 0 spiro atoms. The molecular weight excluding hydrogens is 166 g/mol. The van der Waals surface area contributed by atoms with Gasteiger partial charge in [0.25, 0.3) is 0 Å². The van der Waals surface area contributed by atoms with Gasteiger partial charge in [-0.25, -0.2) is 0 Å². The van der Waals surface area contributed by atoms with Gasteiger partial charge in [-0.05, 0) is 20.5 Å². The molecule has 1 aliphatic rings. The smallest absolute Gasteiger partial charge is 0.222 e. The molecule has 1 aliphatic heterocycles. The predicted molar refractivity (Wildman–Crippen MR) is 52.3 cm³/mol. The number of piperidine rings is 1. The minimum absolute atomic E-state index is 0.180. The summed E-state index contributed by atoms with van der Waals surface area (Å²) in [5, 5.41) is 0. The predicted octanol–water partition coefficient (Wildman–Crippen LogP) is -0.502. The van der Waals surface area contributed by atoms with Crippen molar-refractivity contribution in [1.29, 1.82) is 0 Å². The highest BCUT2D eigenvalue weighted by molar-refractivity contribution is 5.77. The third kappa shape index (κ3) is 3.32. The van der Waals surface area contributed by atoms with Crippen LogP contribution in [0.3, 0.4) is 0 Å². The van der Waals surface area contributed by atoms with Crippen LogP contribution in [0.5, 0.6) is 0 Å². The van der Waals surface area contributed by atoms with E-state index in [-0.39, 0.29) is 11.9 Å². The van der Waals surface area contributed by atoms with Crippen LogP contribution in [0.1, 0.15) is 12.8 Å². The van der Waals surface area contributed by atoms with E-state index in [1.807, 2.05) is 19.0 Å². The molecule has 0 aromatic heterocycles. The van der Waals surface area contributed by atoms with E-state index in [4.69, 9.17) is 5.73 Å². The van der Waals surface area contributed by atoms with Gasteiger partial charge in [0.05, 0.1) is 0 Å². The molecule has 1 unspecified atom stereocenters. The average molecular weight is 185 g/mol. The number of rotatable bonds is 3. The van der Waals surface area contributed by atoms with Gasteiger partial charge in [-0.1, -0.05) is 0 Å². The van der Waals surface area contributed by atoms with Crippen LogP contribution in [0.2, 0.25) is 0 Å². The fraction of sp³-hybridized carbons (Fsp3) is 0.889. The van der Waals surface area contributed by atoms with Crippen LogP contribution in [0.4, 0.5) is 0 Å². The van der Waals surface area contributed by atoms with Crippen molar-refractivity contribution in [2.45, 2.75) is 18.9 Å². The van der Waals surface area contributed by atoms with E-state index < -0.39 is 0 Å². The molecule has 0 saturated carbocycles. The van der Waals surface area contributed by atoms with E-state index in [0.717, 1.165) is 26.1 Å². The van der Waals surface area contributed by atoms with E-state index in [0.29, 0.717) is 6.42 Å². The number of likely N-dealkylation sites (tertiary alicyclic amines) is 1. The van der Waals surface area contributed by atoms with Gasteiger partial charge in [0.1, 0.15) is 0 Å². The SMILES string of the molecule is CN(C)CCN1CC(N)CCC1=O. The molecule has 4 heteroatoms. The lowest BCUT2D eigenvalue weighted by Gasteiger charge is -2.31. The molecule has 1 atom stereocenters. The Balaban J connectivity index is 2.33. The summed E-state index contributed by atoms with van der Waals surface area (Å²) in [5.74, 6) is 0.253. The minimum atomic E-state index is 0.180. The Kier molecular flexibility index (Phi) is 3.69. The Morgan fingerprint density at radius 2 is 2.31 bits per heavy atom. The van der Waals surface area contributed by atoms with Crippen molar-refractivity contribution in [2.75, 3.05) is 33.7 Å². The first-order chi connectivity index (χ1) is 6.09. The zero-order chi connectivity index (χ0) is 9.84. The lowest BCUT2D eigenvalue weighted by Crippen LogP contribution is -2.48. The van der Waals surface area contributed by atoms with Crippen molar-refractivity contribution in [2.24, 2.45) is 5.73 Å².